The van der Waals surface area contributed by atoms with E-state index in [4.69, 9.17) is 4.74 Å². The van der Waals surface area contributed by atoms with Gasteiger partial charge in [0.1, 0.15) is 0 Å². The third-order valence-corrected chi connectivity index (χ3v) is 2.95. The molecule has 13 heavy (non-hydrogen) atoms. The van der Waals surface area contributed by atoms with Crippen LogP contribution in [0.1, 0.15) is 46.5 Å². The third-order valence-electron chi connectivity index (χ3n) is 2.95. The fourth-order valence-corrected chi connectivity index (χ4v) is 2.02. The first-order chi connectivity index (χ1) is 6.06. The molecule has 2 heteroatoms. The highest BCUT2D eigenvalue weighted by molar-refractivity contribution is 4.88. The van der Waals surface area contributed by atoms with Crippen molar-refractivity contribution in [2.75, 3.05) is 6.61 Å². The van der Waals surface area contributed by atoms with Crippen LogP contribution in [0.2, 0.25) is 0 Å². The minimum Gasteiger partial charge on any atom is -0.387 e. The van der Waals surface area contributed by atoms with Gasteiger partial charge < -0.3 is 9.84 Å². The zero-order chi connectivity index (χ0) is 9.90. The molecular formula is C11H22O2. The molecule has 78 valence electrons. The molecule has 0 aromatic heterocycles. The van der Waals surface area contributed by atoms with E-state index in [1.54, 1.807) is 0 Å². The maximum absolute atomic E-state index is 10.1. The molecule has 0 aromatic rings. The Morgan fingerprint density at radius 3 is 2.69 bits per heavy atom. The fourth-order valence-electron chi connectivity index (χ4n) is 2.02. The summed E-state index contributed by atoms with van der Waals surface area (Å²) in [5, 5.41) is 10.1. The molecule has 1 aliphatic carbocycles. The molecule has 2 unspecified atom stereocenters. The highest BCUT2D eigenvalue weighted by Crippen LogP contribution is 2.36. The predicted octanol–water partition coefficient (Wildman–Crippen LogP) is 2.35. The van der Waals surface area contributed by atoms with Crippen LogP contribution in [0.15, 0.2) is 0 Å². The first-order valence-electron chi connectivity index (χ1n) is 5.40. The van der Waals surface area contributed by atoms with Crippen LogP contribution in [0.4, 0.5) is 0 Å². The van der Waals surface area contributed by atoms with Gasteiger partial charge in [0.25, 0.3) is 0 Å². The number of aliphatic hydroxyl groups is 1. The van der Waals surface area contributed by atoms with Crippen LogP contribution in [-0.4, -0.2) is 23.4 Å². The SMILES string of the molecule is CCC1CCC(O)(COC(C)C)C1. The molecule has 0 aromatic carbocycles. The summed E-state index contributed by atoms with van der Waals surface area (Å²) in [4.78, 5) is 0. The molecule has 0 bridgehead atoms. The Balaban J connectivity index is 2.31. The Kier molecular flexibility index (Phi) is 3.74. The molecule has 1 fully saturated rings. The number of rotatable bonds is 4. The second-order valence-corrected chi connectivity index (χ2v) is 4.60. The molecule has 0 aliphatic heterocycles. The lowest BCUT2D eigenvalue weighted by molar-refractivity contribution is -0.0622. The quantitative estimate of drug-likeness (QED) is 0.730. The normalized spacial score (nSPS) is 34.4. The van der Waals surface area contributed by atoms with Crippen molar-refractivity contribution in [2.45, 2.75) is 58.2 Å². The van der Waals surface area contributed by atoms with E-state index in [0.29, 0.717) is 12.5 Å². The van der Waals surface area contributed by atoms with Crippen molar-refractivity contribution >= 4 is 0 Å². The molecule has 0 heterocycles. The van der Waals surface area contributed by atoms with Crippen LogP contribution < -0.4 is 0 Å². The van der Waals surface area contributed by atoms with Gasteiger partial charge in [-0.25, -0.2) is 0 Å². The summed E-state index contributed by atoms with van der Waals surface area (Å²) in [5.74, 6) is 0.709. The molecule has 0 spiro atoms. The van der Waals surface area contributed by atoms with Gasteiger partial charge in [-0.2, -0.15) is 0 Å². The first kappa shape index (κ1) is 11.0. The van der Waals surface area contributed by atoms with E-state index in [1.165, 1.54) is 6.42 Å². The van der Waals surface area contributed by atoms with Gasteiger partial charge in [-0.1, -0.05) is 13.3 Å². The highest BCUT2D eigenvalue weighted by atomic mass is 16.5. The third kappa shape index (κ3) is 3.28. The lowest BCUT2D eigenvalue weighted by Gasteiger charge is -2.23. The molecule has 1 aliphatic rings. The van der Waals surface area contributed by atoms with E-state index in [1.807, 2.05) is 13.8 Å². The molecule has 2 atom stereocenters. The molecule has 2 nitrogen and oxygen atoms in total. The van der Waals surface area contributed by atoms with Crippen LogP contribution in [0.25, 0.3) is 0 Å². The van der Waals surface area contributed by atoms with E-state index in [-0.39, 0.29) is 6.10 Å². The smallest absolute Gasteiger partial charge is 0.0883 e. The second kappa shape index (κ2) is 4.43. The summed E-state index contributed by atoms with van der Waals surface area (Å²) in [6, 6.07) is 0. The Bertz CT molecular complexity index is 156. The average Bonchev–Trinajstić information content (AvgIpc) is 2.45. The van der Waals surface area contributed by atoms with Gasteiger partial charge in [0, 0.05) is 0 Å². The lowest BCUT2D eigenvalue weighted by atomic mass is 10.00. The van der Waals surface area contributed by atoms with Gasteiger partial charge >= 0.3 is 0 Å². The van der Waals surface area contributed by atoms with E-state index in [0.717, 1.165) is 19.3 Å². The number of hydrogen-bond acceptors (Lipinski definition) is 2. The summed E-state index contributed by atoms with van der Waals surface area (Å²) >= 11 is 0. The van der Waals surface area contributed by atoms with E-state index in [9.17, 15) is 5.11 Å². The van der Waals surface area contributed by atoms with E-state index >= 15 is 0 Å². The van der Waals surface area contributed by atoms with Gasteiger partial charge in [0.15, 0.2) is 0 Å². The van der Waals surface area contributed by atoms with Gasteiger partial charge in [-0.05, 0) is 39.0 Å². The Labute approximate surface area is 81.3 Å². The number of ether oxygens (including phenoxy) is 1. The van der Waals surface area contributed by atoms with Crippen LogP contribution in [-0.2, 0) is 4.74 Å². The predicted molar refractivity (Wildman–Crippen MR) is 53.7 cm³/mol. The minimum absolute atomic E-state index is 0.227. The van der Waals surface area contributed by atoms with Crippen LogP contribution in [0, 0.1) is 5.92 Å². The fraction of sp³-hybridized carbons (Fsp3) is 1.00. The van der Waals surface area contributed by atoms with Crippen LogP contribution in [0.3, 0.4) is 0 Å². The number of hydrogen-bond donors (Lipinski definition) is 1. The maximum Gasteiger partial charge on any atom is 0.0883 e. The molecule has 0 radical (unpaired) electrons. The van der Waals surface area contributed by atoms with Crippen molar-refractivity contribution in [1.29, 1.82) is 0 Å². The van der Waals surface area contributed by atoms with Gasteiger partial charge in [-0.15, -0.1) is 0 Å². The van der Waals surface area contributed by atoms with Crippen LogP contribution >= 0.6 is 0 Å². The maximum atomic E-state index is 10.1. The summed E-state index contributed by atoms with van der Waals surface area (Å²) < 4.78 is 5.47. The molecule has 1 N–H and O–H groups in total. The van der Waals surface area contributed by atoms with Gasteiger partial charge in [0.2, 0.25) is 0 Å². The summed E-state index contributed by atoms with van der Waals surface area (Å²) in [6.45, 7) is 6.73. The van der Waals surface area contributed by atoms with Crippen molar-refractivity contribution in [3.63, 3.8) is 0 Å². The Hall–Kier alpha value is -0.0800. The van der Waals surface area contributed by atoms with Crippen molar-refractivity contribution < 1.29 is 9.84 Å². The summed E-state index contributed by atoms with van der Waals surface area (Å²) in [7, 11) is 0. The molecule has 1 rings (SSSR count). The van der Waals surface area contributed by atoms with Gasteiger partial charge in [0.05, 0.1) is 18.3 Å². The van der Waals surface area contributed by atoms with Gasteiger partial charge in [-0.3, -0.25) is 0 Å². The lowest BCUT2D eigenvalue weighted by Crippen LogP contribution is -2.32. The topological polar surface area (TPSA) is 29.5 Å². The molecule has 0 saturated heterocycles. The van der Waals surface area contributed by atoms with Crippen LogP contribution in [0.5, 0.6) is 0 Å². The average molecular weight is 186 g/mol. The molecular weight excluding hydrogens is 164 g/mol. The Morgan fingerprint density at radius 1 is 1.54 bits per heavy atom. The monoisotopic (exact) mass is 186 g/mol. The second-order valence-electron chi connectivity index (χ2n) is 4.60. The summed E-state index contributed by atoms with van der Waals surface area (Å²) in [6.07, 6.45) is 4.41. The first-order valence-corrected chi connectivity index (χ1v) is 5.40. The van der Waals surface area contributed by atoms with Crippen molar-refractivity contribution in [3.05, 3.63) is 0 Å². The molecule has 0 amide bonds. The standard InChI is InChI=1S/C11H22O2/c1-4-10-5-6-11(12,7-10)8-13-9(2)3/h9-10,12H,4-8H2,1-3H3. The van der Waals surface area contributed by atoms with Crippen molar-refractivity contribution in [2.24, 2.45) is 5.92 Å². The Morgan fingerprint density at radius 2 is 2.23 bits per heavy atom. The van der Waals surface area contributed by atoms with Crippen molar-refractivity contribution in [1.82, 2.24) is 0 Å². The highest BCUT2D eigenvalue weighted by Gasteiger charge is 2.36. The summed E-state index contributed by atoms with van der Waals surface area (Å²) in [5.41, 5.74) is -0.523. The minimum atomic E-state index is -0.523. The van der Waals surface area contributed by atoms with Crippen molar-refractivity contribution in [3.8, 4) is 0 Å². The zero-order valence-electron chi connectivity index (χ0n) is 9.05. The largest absolute Gasteiger partial charge is 0.387 e. The molecule has 1 saturated carbocycles. The zero-order valence-corrected chi connectivity index (χ0v) is 9.05. The van der Waals surface area contributed by atoms with E-state index < -0.39 is 5.60 Å². The van der Waals surface area contributed by atoms with E-state index in [2.05, 4.69) is 6.92 Å².